The molecular formula is C19H23ClN2O3. The number of para-hydroxylation sites is 1. The fraction of sp³-hybridized carbons (Fsp3) is 0.316. The van der Waals surface area contributed by atoms with Crippen LogP contribution in [0.5, 0.6) is 11.5 Å². The van der Waals surface area contributed by atoms with Crippen LogP contribution in [0.3, 0.4) is 0 Å². The lowest BCUT2D eigenvalue weighted by atomic mass is 10.3. The zero-order valence-electron chi connectivity index (χ0n) is 14.3. The normalized spacial score (nSPS) is 10.5. The lowest BCUT2D eigenvalue weighted by Crippen LogP contribution is -2.38. The zero-order valence-corrected chi connectivity index (χ0v) is 15.0. The number of nitrogens with zero attached hydrogens (tertiary/aromatic N) is 1. The number of carbonyl (C=O) groups excluding carboxylic acids is 1. The van der Waals surface area contributed by atoms with Crippen LogP contribution < -0.4 is 14.8 Å². The fourth-order valence-corrected chi connectivity index (χ4v) is 2.23. The quantitative estimate of drug-likeness (QED) is 0.660. The predicted molar refractivity (Wildman–Crippen MR) is 99.4 cm³/mol. The first-order chi connectivity index (χ1) is 12.1. The third kappa shape index (κ3) is 7.92. The molecule has 0 aliphatic carbocycles. The molecule has 0 fully saturated rings. The molecule has 1 N–H and O–H groups in total. The number of ether oxygens (including phenoxy) is 2. The Hall–Kier alpha value is -2.24. The second kappa shape index (κ2) is 10.6. The number of benzene rings is 2. The van der Waals surface area contributed by atoms with E-state index in [-0.39, 0.29) is 5.91 Å². The molecule has 0 bridgehead atoms. The van der Waals surface area contributed by atoms with E-state index in [0.717, 1.165) is 11.5 Å². The number of amides is 1. The maximum atomic E-state index is 11.9. The van der Waals surface area contributed by atoms with Gasteiger partial charge in [-0.3, -0.25) is 9.69 Å². The van der Waals surface area contributed by atoms with Crippen molar-refractivity contribution < 1.29 is 14.3 Å². The first-order valence-electron chi connectivity index (χ1n) is 8.15. The van der Waals surface area contributed by atoms with E-state index in [1.807, 2.05) is 42.3 Å². The fourth-order valence-electron chi connectivity index (χ4n) is 2.11. The molecule has 0 atom stereocenters. The number of nitrogens with one attached hydrogen (secondary N) is 1. The van der Waals surface area contributed by atoms with Crippen LogP contribution in [0.15, 0.2) is 54.6 Å². The van der Waals surface area contributed by atoms with Crippen molar-refractivity contribution in [3.63, 3.8) is 0 Å². The minimum absolute atomic E-state index is 0.0399. The van der Waals surface area contributed by atoms with Gasteiger partial charge in [0.1, 0.15) is 24.7 Å². The molecule has 5 nitrogen and oxygen atoms in total. The van der Waals surface area contributed by atoms with Crippen molar-refractivity contribution in [2.45, 2.75) is 0 Å². The molecule has 25 heavy (non-hydrogen) atoms. The van der Waals surface area contributed by atoms with Crippen molar-refractivity contribution in [2.75, 3.05) is 39.9 Å². The molecule has 0 radical (unpaired) electrons. The number of rotatable bonds is 10. The van der Waals surface area contributed by atoms with Gasteiger partial charge in [-0.25, -0.2) is 0 Å². The Kier molecular flexibility index (Phi) is 8.09. The molecule has 1 amide bonds. The Morgan fingerprint density at radius 3 is 2.36 bits per heavy atom. The van der Waals surface area contributed by atoms with Crippen LogP contribution in [0.2, 0.25) is 5.02 Å². The van der Waals surface area contributed by atoms with Crippen LogP contribution in [0.4, 0.5) is 0 Å². The first-order valence-corrected chi connectivity index (χ1v) is 8.53. The predicted octanol–water partition coefficient (Wildman–Crippen LogP) is 2.85. The summed E-state index contributed by atoms with van der Waals surface area (Å²) in [6, 6.07) is 16.7. The molecule has 0 aliphatic rings. The number of halogens is 1. The van der Waals surface area contributed by atoms with E-state index in [4.69, 9.17) is 21.1 Å². The van der Waals surface area contributed by atoms with E-state index < -0.39 is 0 Å². The van der Waals surface area contributed by atoms with Gasteiger partial charge in [0.15, 0.2) is 0 Å². The molecule has 134 valence electrons. The van der Waals surface area contributed by atoms with Gasteiger partial charge < -0.3 is 14.8 Å². The van der Waals surface area contributed by atoms with Crippen LogP contribution in [0, 0.1) is 0 Å². The zero-order chi connectivity index (χ0) is 17.9. The Morgan fingerprint density at radius 2 is 1.64 bits per heavy atom. The van der Waals surface area contributed by atoms with Gasteiger partial charge in [0.05, 0.1) is 13.1 Å². The summed E-state index contributed by atoms with van der Waals surface area (Å²) in [5.74, 6) is 1.52. The molecule has 6 heteroatoms. The summed E-state index contributed by atoms with van der Waals surface area (Å²) in [6.45, 7) is 2.39. The first kappa shape index (κ1) is 19.1. The topological polar surface area (TPSA) is 50.8 Å². The summed E-state index contributed by atoms with van der Waals surface area (Å²) in [6.07, 6.45) is 0. The van der Waals surface area contributed by atoms with E-state index in [1.165, 1.54) is 0 Å². The van der Waals surface area contributed by atoms with E-state index in [0.29, 0.717) is 37.9 Å². The Morgan fingerprint density at radius 1 is 1.00 bits per heavy atom. The molecule has 0 saturated carbocycles. The molecule has 0 saturated heterocycles. The summed E-state index contributed by atoms with van der Waals surface area (Å²) in [5.41, 5.74) is 0. The van der Waals surface area contributed by atoms with Gasteiger partial charge in [-0.1, -0.05) is 29.8 Å². The largest absolute Gasteiger partial charge is 0.492 e. The highest BCUT2D eigenvalue weighted by atomic mass is 35.5. The number of likely N-dealkylation sites (N-methyl/N-ethyl adjacent to an activating group) is 1. The van der Waals surface area contributed by atoms with Crippen LogP contribution in [0.25, 0.3) is 0 Å². The minimum atomic E-state index is -0.0399. The van der Waals surface area contributed by atoms with E-state index in [2.05, 4.69) is 5.32 Å². The van der Waals surface area contributed by atoms with Crippen molar-refractivity contribution in [3.05, 3.63) is 59.6 Å². The Balaban J connectivity index is 1.54. The monoisotopic (exact) mass is 362 g/mol. The van der Waals surface area contributed by atoms with Crippen LogP contribution in [0.1, 0.15) is 0 Å². The van der Waals surface area contributed by atoms with Crippen molar-refractivity contribution in [1.82, 2.24) is 10.2 Å². The van der Waals surface area contributed by atoms with Crippen molar-refractivity contribution in [3.8, 4) is 11.5 Å². The summed E-state index contributed by atoms with van der Waals surface area (Å²) in [5, 5.41) is 3.50. The van der Waals surface area contributed by atoms with Crippen molar-refractivity contribution in [1.29, 1.82) is 0 Å². The molecule has 0 aliphatic heterocycles. The van der Waals surface area contributed by atoms with Gasteiger partial charge in [0.2, 0.25) is 5.91 Å². The summed E-state index contributed by atoms with van der Waals surface area (Å²) >= 11 is 5.81. The molecule has 0 heterocycles. The van der Waals surface area contributed by atoms with E-state index in [9.17, 15) is 4.79 Å². The lowest BCUT2D eigenvalue weighted by Gasteiger charge is -2.16. The van der Waals surface area contributed by atoms with Gasteiger partial charge in [-0.2, -0.15) is 0 Å². The third-order valence-electron chi connectivity index (χ3n) is 3.41. The molecule has 0 spiro atoms. The number of hydrogen-bond donors (Lipinski definition) is 1. The third-order valence-corrected chi connectivity index (χ3v) is 3.66. The van der Waals surface area contributed by atoms with Gasteiger partial charge in [-0.05, 0) is 43.4 Å². The second-order valence-corrected chi connectivity index (χ2v) is 5.99. The second-order valence-electron chi connectivity index (χ2n) is 5.55. The highest BCUT2D eigenvalue weighted by molar-refractivity contribution is 6.30. The molecule has 0 aromatic heterocycles. The van der Waals surface area contributed by atoms with Gasteiger partial charge in [-0.15, -0.1) is 0 Å². The molecular weight excluding hydrogens is 340 g/mol. The SMILES string of the molecule is CN(CCOc1ccccc1)CC(=O)NCCOc1ccc(Cl)cc1. The van der Waals surface area contributed by atoms with Crippen LogP contribution in [-0.2, 0) is 4.79 Å². The molecule has 2 aromatic carbocycles. The van der Waals surface area contributed by atoms with Gasteiger partial charge >= 0.3 is 0 Å². The summed E-state index contributed by atoms with van der Waals surface area (Å²) in [7, 11) is 1.89. The van der Waals surface area contributed by atoms with Gasteiger partial charge in [0.25, 0.3) is 0 Å². The van der Waals surface area contributed by atoms with E-state index in [1.54, 1.807) is 24.3 Å². The highest BCUT2D eigenvalue weighted by Crippen LogP contribution is 2.15. The molecule has 2 rings (SSSR count). The van der Waals surface area contributed by atoms with Crippen molar-refractivity contribution in [2.24, 2.45) is 0 Å². The maximum absolute atomic E-state index is 11.9. The molecule has 0 unspecified atom stereocenters. The summed E-state index contributed by atoms with van der Waals surface area (Å²) < 4.78 is 11.1. The maximum Gasteiger partial charge on any atom is 0.234 e. The van der Waals surface area contributed by atoms with Crippen LogP contribution >= 0.6 is 11.6 Å². The lowest BCUT2D eigenvalue weighted by molar-refractivity contribution is -0.122. The molecule has 2 aromatic rings. The van der Waals surface area contributed by atoms with E-state index >= 15 is 0 Å². The van der Waals surface area contributed by atoms with Crippen LogP contribution in [-0.4, -0.2) is 50.7 Å². The number of carbonyl (C=O) groups is 1. The smallest absolute Gasteiger partial charge is 0.234 e. The number of hydrogen-bond acceptors (Lipinski definition) is 4. The average molecular weight is 363 g/mol. The average Bonchev–Trinajstić information content (AvgIpc) is 2.61. The van der Waals surface area contributed by atoms with Gasteiger partial charge in [0, 0.05) is 11.6 Å². The summed E-state index contributed by atoms with van der Waals surface area (Å²) in [4.78, 5) is 13.8. The Labute approximate surface area is 153 Å². The standard InChI is InChI=1S/C19H23ClN2O3/c1-22(12-14-25-17-5-3-2-4-6-17)15-19(23)21-11-13-24-18-9-7-16(20)8-10-18/h2-10H,11-15H2,1H3,(H,21,23). The Bertz CT molecular complexity index is 635. The highest BCUT2D eigenvalue weighted by Gasteiger charge is 2.06. The van der Waals surface area contributed by atoms with Crippen molar-refractivity contribution >= 4 is 17.5 Å². The minimum Gasteiger partial charge on any atom is -0.492 e.